The van der Waals surface area contributed by atoms with E-state index in [1.807, 2.05) is 0 Å². The first-order chi connectivity index (χ1) is 0. The second-order valence-corrected chi connectivity index (χ2v) is 0. The summed E-state index contributed by atoms with van der Waals surface area (Å²) in [4.78, 5) is 0. The summed E-state index contributed by atoms with van der Waals surface area (Å²) < 4.78 is 0. The van der Waals surface area contributed by atoms with E-state index in [4.69, 9.17) is 0 Å². The molecule has 0 bridgehead atoms. The minimum atomic E-state index is 0. The van der Waals surface area contributed by atoms with Crippen LogP contribution in [0.25, 0.3) is 0 Å². The van der Waals surface area contributed by atoms with Crippen molar-refractivity contribution in [2.75, 3.05) is 0 Å². The van der Waals surface area contributed by atoms with Crippen molar-refractivity contribution in [1.82, 2.24) is 0 Å². The van der Waals surface area contributed by atoms with E-state index in [1.165, 1.54) is 0 Å². The third kappa shape index (κ3) is 9.11. The summed E-state index contributed by atoms with van der Waals surface area (Å²) in [5.74, 6) is 0. The number of rotatable bonds is 0. The van der Waals surface area contributed by atoms with Crippen molar-refractivity contribution in [1.29, 1.82) is 0 Å². The predicted octanol–water partition coefficient (Wildman–Crippen LogP) is -1.97. The zero-order valence-corrected chi connectivity index (χ0v) is 11.6. The Morgan fingerprint density at radius 1 is 1.00 bits per heavy atom. The van der Waals surface area contributed by atoms with E-state index in [1.54, 1.807) is 0 Å². The quantitative estimate of drug-likeness (QED) is 0.457. The van der Waals surface area contributed by atoms with Gasteiger partial charge in [-0.1, -0.05) is 0 Å². The molecule has 2 N–H and O–H groups in total. The Morgan fingerprint density at radius 3 is 1.00 bits per heavy atom. The van der Waals surface area contributed by atoms with Crippen molar-refractivity contribution in [2.24, 2.45) is 0 Å². The molecule has 0 spiro atoms. The van der Waals surface area contributed by atoms with Crippen LogP contribution in [0.4, 0.5) is 0 Å². The minimum Gasteiger partial charge on any atom is -0.412 e. The number of hydrogen-bond acceptors (Lipinski definition) is 0. The van der Waals surface area contributed by atoms with Gasteiger partial charge in [0, 0.05) is 112 Å². The SMILES string of the molecule is O.[Al].[Ba].[Sr]. The van der Waals surface area contributed by atoms with Crippen LogP contribution in [0.3, 0.4) is 0 Å². The Labute approximate surface area is 114 Å². The van der Waals surface area contributed by atoms with Crippen molar-refractivity contribution in [3.05, 3.63) is 0 Å². The summed E-state index contributed by atoms with van der Waals surface area (Å²) in [6, 6.07) is 0. The van der Waals surface area contributed by atoms with Gasteiger partial charge in [0.15, 0.2) is 0 Å². The molecule has 0 aromatic carbocycles. The Balaban J connectivity index is 0. The zero-order valence-electron chi connectivity index (χ0n) is 2.49. The van der Waals surface area contributed by atoms with Crippen LogP contribution in [0.5, 0.6) is 0 Å². The van der Waals surface area contributed by atoms with Crippen LogP contribution in [0.1, 0.15) is 0 Å². The third-order valence-electron chi connectivity index (χ3n) is 0. The number of hydrogen-bond donors (Lipinski definition) is 0. The Morgan fingerprint density at radius 2 is 1.00 bits per heavy atom. The van der Waals surface area contributed by atoms with Crippen LogP contribution >= 0.6 is 0 Å². The molecule has 0 aliphatic carbocycles. The van der Waals surface area contributed by atoms with E-state index in [0.29, 0.717) is 0 Å². The molecule has 7 radical (unpaired) electrons. The molecule has 0 fully saturated rings. The van der Waals surface area contributed by atoms with E-state index < -0.39 is 0 Å². The molecule has 0 amide bonds. The maximum Gasteiger partial charge on any atom is 0 e. The largest absolute Gasteiger partial charge is 0.412 e. The Bertz CT molecular complexity index is 8.00. The van der Waals surface area contributed by atoms with E-state index in [9.17, 15) is 0 Å². The van der Waals surface area contributed by atoms with Crippen molar-refractivity contribution in [2.45, 2.75) is 0 Å². The molecule has 0 aromatic heterocycles. The molecule has 0 aromatic rings. The first kappa shape index (κ1) is 25.7. The average Bonchev–Trinajstić information content (AvgIpc) is 0. The Kier molecular flexibility index (Phi) is 103. The van der Waals surface area contributed by atoms with E-state index in [-0.39, 0.29) is 117 Å². The molecule has 1 nitrogen and oxygen atoms in total. The normalized spacial score (nSPS) is 0. The molecule has 4 heteroatoms. The first-order valence-electron chi connectivity index (χ1n) is 0. The van der Waals surface area contributed by atoms with Gasteiger partial charge in [-0.2, -0.15) is 0 Å². The van der Waals surface area contributed by atoms with Gasteiger partial charge in [0.05, 0.1) is 0 Å². The van der Waals surface area contributed by atoms with Gasteiger partial charge in [0.25, 0.3) is 0 Å². The van der Waals surface area contributed by atoms with Gasteiger partial charge in [0.1, 0.15) is 0 Å². The van der Waals surface area contributed by atoms with Crippen LogP contribution in [0.2, 0.25) is 0 Å². The molecule has 0 heterocycles. The first-order valence-corrected chi connectivity index (χ1v) is 0. The van der Waals surface area contributed by atoms with Crippen LogP contribution in [0.15, 0.2) is 0 Å². The molecule has 0 saturated heterocycles. The van der Waals surface area contributed by atoms with Crippen molar-refractivity contribution < 1.29 is 5.48 Å². The standard InChI is InChI=1S/Al.Ba.H2O.Sr/h;;1H2;. The predicted molar refractivity (Wildman–Crippen MR) is 20.9 cm³/mol. The Hall–Kier alpha value is 3.54. The van der Waals surface area contributed by atoms with Gasteiger partial charge in [0.2, 0.25) is 0 Å². The van der Waals surface area contributed by atoms with E-state index in [0.717, 1.165) is 0 Å². The monoisotopic (exact) mass is 271 g/mol. The summed E-state index contributed by atoms with van der Waals surface area (Å²) in [6.45, 7) is 0. The summed E-state index contributed by atoms with van der Waals surface area (Å²) in [5.41, 5.74) is 0. The molecule has 4 heavy (non-hydrogen) atoms. The molecular weight excluding hydrogens is 268 g/mol. The summed E-state index contributed by atoms with van der Waals surface area (Å²) in [7, 11) is 0. The van der Waals surface area contributed by atoms with Crippen molar-refractivity contribution in [3.63, 3.8) is 0 Å². The second kappa shape index (κ2) is 16.0. The minimum absolute atomic E-state index is 0. The molecule has 0 rings (SSSR count). The third-order valence-corrected chi connectivity index (χ3v) is 0. The van der Waals surface area contributed by atoms with Gasteiger partial charge >= 0.3 is 0 Å². The average molecular weight is 270 g/mol. The summed E-state index contributed by atoms with van der Waals surface area (Å²) in [6.07, 6.45) is 0. The van der Waals surface area contributed by atoms with Gasteiger partial charge in [-0.05, 0) is 0 Å². The molecule has 0 unspecified atom stereocenters. The topological polar surface area (TPSA) is 31.5 Å². The van der Waals surface area contributed by atoms with Crippen LogP contribution in [0, 0.1) is 0 Å². The van der Waals surface area contributed by atoms with E-state index in [2.05, 4.69) is 0 Å². The maximum absolute atomic E-state index is 0. The molecule has 0 atom stereocenters. The zero-order chi connectivity index (χ0) is 0. The van der Waals surface area contributed by atoms with Gasteiger partial charge in [-0.15, -0.1) is 0 Å². The van der Waals surface area contributed by atoms with Crippen LogP contribution in [-0.2, 0) is 0 Å². The van der Waals surface area contributed by atoms with Crippen molar-refractivity contribution >= 4 is 112 Å². The van der Waals surface area contributed by atoms with Crippen LogP contribution < -0.4 is 0 Å². The van der Waals surface area contributed by atoms with Gasteiger partial charge in [-0.3, -0.25) is 0 Å². The molecular formula is H2AlBaOSr. The van der Waals surface area contributed by atoms with Crippen LogP contribution in [-0.4, -0.2) is 117 Å². The fourth-order valence-corrected chi connectivity index (χ4v) is 0. The maximum atomic E-state index is 0. The molecule has 0 aliphatic heterocycles. The fraction of sp³-hybridized carbons (Fsp3) is 0. The molecule has 15 valence electrons. The van der Waals surface area contributed by atoms with Gasteiger partial charge in [-0.25, -0.2) is 0 Å². The smallest absolute Gasteiger partial charge is 0 e. The second-order valence-electron chi connectivity index (χ2n) is 0. The van der Waals surface area contributed by atoms with E-state index >= 15 is 0 Å². The fourth-order valence-electron chi connectivity index (χ4n) is 0. The summed E-state index contributed by atoms with van der Waals surface area (Å²) >= 11 is 0. The van der Waals surface area contributed by atoms with Crippen molar-refractivity contribution in [3.8, 4) is 0 Å². The molecule has 0 aliphatic rings. The molecule has 0 saturated carbocycles. The summed E-state index contributed by atoms with van der Waals surface area (Å²) in [5, 5.41) is 0. The van der Waals surface area contributed by atoms with Gasteiger partial charge < -0.3 is 5.48 Å².